The summed E-state index contributed by atoms with van der Waals surface area (Å²) in [4.78, 5) is 11.3. The predicted octanol–water partition coefficient (Wildman–Crippen LogP) is 0.877. The van der Waals surface area contributed by atoms with Crippen LogP contribution in [0.15, 0.2) is 24.4 Å². The van der Waals surface area contributed by atoms with Gasteiger partial charge in [0.1, 0.15) is 5.75 Å². The van der Waals surface area contributed by atoms with Gasteiger partial charge in [0.05, 0.1) is 11.4 Å². The van der Waals surface area contributed by atoms with Crippen molar-refractivity contribution >= 4 is 11.6 Å². The summed E-state index contributed by atoms with van der Waals surface area (Å²) in [5.41, 5.74) is 9.12. The molecular weight excluding hydrogens is 244 g/mol. The van der Waals surface area contributed by atoms with Gasteiger partial charge >= 0.3 is 0 Å². The van der Waals surface area contributed by atoms with E-state index < -0.39 is 0 Å². The average molecular weight is 258 g/mol. The van der Waals surface area contributed by atoms with Crippen molar-refractivity contribution in [1.29, 1.82) is 0 Å². The molecule has 0 aliphatic carbocycles. The molecule has 6 heteroatoms. The zero-order valence-corrected chi connectivity index (χ0v) is 10.5. The highest BCUT2D eigenvalue weighted by Crippen LogP contribution is 2.33. The summed E-state index contributed by atoms with van der Waals surface area (Å²) < 4.78 is 7.06. The van der Waals surface area contributed by atoms with Gasteiger partial charge in [-0.3, -0.25) is 9.48 Å². The van der Waals surface area contributed by atoms with Crippen LogP contribution in [-0.2, 0) is 18.4 Å². The Morgan fingerprint density at radius 3 is 3.16 bits per heavy atom. The van der Waals surface area contributed by atoms with Gasteiger partial charge in [-0.15, -0.1) is 0 Å². The molecule has 3 N–H and O–H groups in total. The molecule has 1 aliphatic rings. The van der Waals surface area contributed by atoms with Crippen LogP contribution in [-0.4, -0.2) is 22.3 Å². The summed E-state index contributed by atoms with van der Waals surface area (Å²) in [6.07, 6.45) is 1.91. The second-order valence-corrected chi connectivity index (χ2v) is 4.42. The van der Waals surface area contributed by atoms with Crippen LogP contribution >= 0.6 is 0 Å². The van der Waals surface area contributed by atoms with Gasteiger partial charge in [-0.25, -0.2) is 0 Å². The molecule has 0 spiro atoms. The van der Waals surface area contributed by atoms with E-state index in [2.05, 4.69) is 10.4 Å². The molecule has 0 radical (unpaired) electrons. The van der Waals surface area contributed by atoms with E-state index in [1.54, 1.807) is 4.68 Å². The summed E-state index contributed by atoms with van der Waals surface area (Å²) in [5, 5.41) is 7.10. The second kappa shape index (κ2) is 4.40. The molecule has 0 fully saturated rings. The number of carbonyl (C=O) groups is 1. The number of benzene rings is 1. The number of hydrogen-bond donors (Lipinski definition) is 2. The fourth-order valence-corrected chi connectivity index (χ4v) is 2.18. The van der Waals surface area contributed by atoms with Gasteiger partial charge in [0.2, 0.25) is 0 Å². The Hall–Kier alpha value is -2.34. The number of rotatable bonds is 2. The van der Waals surface area contributed by atoms with Gasteiger partial charge in [0.15, 0.2) is 6.61 Å². The molecule has 0 bridgehead atoms. The largest absolute Gasteiger partial charge is 0.482 e. The normalized spacial score (nSPS) is 13.7. The number of fused-ring (bicyclic) bond motifs is 1. The highest BCUT2D eigenvalue weighted by Gasteiger charge is 2.17. The van der Waals surface area contributed by atoms with Crippen LogP contribution in [0.5, 0.6) is 5.75 Å². The van der Waals surface area contributed by atoms with Gasteiger partial charge in [0, 0.05) is 25.4 Å². The van der Waals surface area contributed by atoms with Crippen LogP contribution in [0.4, 0.5) is 5.69 Å². The van der Waals surface area contributed by atoms with Gasteiger partial charge in [-0.2, -0.15) is 5.10 Å². The maximum absolute atomic E-state index is 11.3. The van der Waals surface area contributed by atoms with Crippen LogP contribution < -0.4 is 15.8 Å². The van der Waals surface area contributed by atoms with E-state index in [1.807, 2.05) is 31.4 Å². The number of amides is 1. The van der Waals surface area contributed by atoms with Crippen LogP contribution in [0.1, 0.15) is 5.69 Å². The average Bonchev–Trinajstić information content (AvgIpc) is 2.79. The molecule has 3 rings (SSSR count). The Morgan fingerprint density at radius 2 is 2.37 bits per heavy atom. The first kappa shape index (κ1) is 11.7. The van der Waals surface area contributed by atoms with Crippen LogP contribution in [0, 0.1) is 0 Å². The van der Waals surface area contributed by atoms with Crippen LogP contribution in [0.2, 0.25) is 0 Å². The third-order valence-corrected chi connectivity index (χ3v) is 3.02. The van der Waals surface area contributed by atoms with Crippen molar-refractivity contribution in [3.8, 4) is 16.9 Å². The lowest BCUT2D eigenvalue weighted by Gasteiger charge is -2.18. The van der Waals surface area contributed by atoms with Crippen molar-refractivity contribution < 1.29 is 9.53 Å². The molecule has 0 atom stereocenters. The molecule has 2 heterocycles. The quantitative estimate of drug-likeness (QED) is 0.837. The second-order valence-electron chi connectivity index (χ2n) is 4.42. The summed E-state index contributed by atoms with van der Waals surface area (Å²) in [6, 6.07) is 5.66. The van der Waals surface area contributed by atoms with E-state index in [0.717, 1.165) is 16.8 Å². The third kappa shape index (κ3) is 2.06. The minimum absolute atomic E-state index is 0.0628. The molecular formula is C13H14N4O2. The lowest BCUT2D eigenvalue weighted by atomic mass is 10.0. The molecule has 1 aromatic heterocycles. The van der Waals surface area contributed by atoms with E-state index in [4.69, 9.17) is 10.5 Å². The van der Waals surface area contributed by atoms with E-state index in [0.29, 0.717) is 18.0 Å². The Bertz CT molecular complexity index is 648. The SMILES string of the molecule is Cn1cc(-c2ccc3c(c2)NC(=O)CO3)c(CN)n1. The minimum atomic E-state index is -0.144. The standard InChI is InChI=1S/C13H14N4O2/c1-17-6-9(11(5-14)16-17)8-2-3-12-10(4-8)15-13(18)7-19-12/h2-4,6H,5,7,14H2,1H3,(H,15,18). The summed E-state index contributed by atoms with van der Waals surface area (Å²) in [6.45, 7) is 0.434. The fraction of sp³-hybridized carbons (Fsp3) is 0.231. The molecule has 6 nitrogen and oxygen atoms in total. The Balaban J connectivity index is 2.06. The molecule has 98 valence electrons. The first-order valence-electron chi connectivity index (χ1n) is 5.97. The number of nitrogens with zero attached hydrogens (tertiary/aromatic N) is 2. The number of nitrogens with two attached hydrogens (primary N) is 1. The van der Waals surface area contributed by atoms with Crippen molar-refractivity contribution in [2.45, 2.75) is 6.54 Å². The summed E-state index contributed by atoms with van der Waals surface area (Å²) >= 11 is 0. The number of ether oxygens (including phenoxy) is 1. The van der Waals surface area contributed by atoms with Crippen molar-refractivity contribution in [3.63, 3.8) is 0 Å². The van der Waals surface area contributed by atoms with Gasteiger partial charge < -0.3 is 15.8 Å². The minimum Gasteiger partial charge on any atom is -0.482 e. The van der Waals surface area contributed by atoms with Crippen molar-refractivity contribution in [2.24, 2.45) is 12.8 Å². The maximum Gasteiger partial charge on any atom is 0.262 e. The first-order valence-corrected chi connectivity index (χ1v) is 5.97. The number of anilines is 1. The number of aromatic nitrogens is 2. The fourth-order valence-electron chi connectivity index (χ4n) is 2.18. The number of aryl methyl sites for hydroxylation is 1. The van der Waals surface area contributed by atoms with E-state index >= 15 is 0 Å². The van der Waals surface area contributed by atoms with Gasteiger partial charge in [-0.1, -0.05) is 6.07 Å². The predicted molar refractivity (Wildman–Crippen MR) is 70.7 cm³/mol. The molecule has 1 amide bonds. The lowest BCUT2D eigenvalue weighted by molar-refractivity contribution is -0.118. The highest BCUT2D eigenvalue weighted by molar-refractivity contribution is 5.96. The topological polar surface area (TPSA) is 82.2 Å². The Kier molecular flexibility index (Phi) is 2.72. The van der Waals surface area contributed by atoms with Crippen molar-refractivity contribution in [3.05, 3.63) is 30.1 Å². The first-order chi connectivity index (χ1) is 9.17. The molecule has 0 saturated heterocycles. The summed E-state index contributed by atoms with van der Waals surface area (Å²) in [5.74, 6) is 0.538. The number of hydrogen-bond acceptors (Lipinski definition) is 4. The van der Waals surface area contributed by atoms with Crippen LogP contribution in [0.25, 0.3) is 11.1 Å². The Labute approximate surface area is 110 Å². The van der Waals surface area contributed by atoms with Crippen molar-refractivity contribution in [1.82, 2.24) is 9.78 Å². The molecule has 0 unspecified atom stereocenters. The van der Waals surface area contributed by atoms with E-state index in [9.17, 15) is 4.79 Å². The zero-order chi connectivity index (χ0) is 13.4. The molecule has 1 aliphatic heterocycles. The van der Waals surface area contributed by atoms with Crippen molar-refractivity contribution in [2.75, 3.05) is 11.9 Å². The zero-order valence-electron chi connectivity index (χ0n) is 10.5. The maximum atomic E-state index is 11.3. The van der Waals surface area contributed by atoms with Gasteiger partial charge in [-0.05, 0) is 17.7 Å². The smallest absolute Gasteiger partial charge is 0.262 e. The summed E-state index contributed by atoms with van der Waals surface area (Å²) in [7, 11) is 1.85. The molecule has 2 aromatic rings. The molecule has 0 saturated carbocycles. The van der Waals surface area contributed by atoms with E-state index in [-0.39, 0.29) is 12.5 Å². The van der Waals surface area contributed by atoms with E-state index in [1.165, 1.54) is 0 Å². The van der Waals surface area contributed by atoms with Gasteiger partial charge in [0.25, 0.3) is 5.91 Å². The number of nitrogens with one attached hydrogen (secondary N) is 1. The molecule has 1 aromatic carbocycles. The Morgan fingerprint density at radius 1 is 1.53 bits per heavy atom. The third-order valence-electron chi connectivity index (χ3n) is 3.02. The highest BCUT2D eigenvalue weighted by atomic mass is 16.5. The lowest BCUT2D eigenvalue weighted by Crippen LogP contribution is -2.25. The number of carbonyl (C=O) groups excluding carboxylic acids is 1. The van der Waals surface area contributed by atoms with Crippen LogP contribution in [0.3, 0.4) is 0 Å². The monoisotopic (exact) mass is 258 g/mol. The molecule has 19 heavy (non-hydrogen) atoms.